The number of nitrogens with one attached hydrogen (secondary N) is 1. The van der Waals surface area contributed by atoms with Crippen molar-refractivity contribution in [2.75, 3.05) is 0 Å². The van der Waals surface area contributed by atoms with Crippen LogP contribution >= 0.6 is 39.1 Å². The normalized spacial score (nSPS) is 12.9. The molecule has 0 saturated heterocycles. The van der Waals surface area contributed by atoms with Gasteiger partial charge >= 0.3 is 11.9 Å². The first-order chi connectivity index (χ1) is 9.54. The molecule has 0 radical (unpaired) electrons. The van der Waals surface area contributed by atoms with Gasteiger partial charge in [0, 0.05) is 4.47 Å². The van der Waals surface area contributed by atoms with E-state index < -0.39 is 39.3 Å². The smallest absolute Gasteiger partial charge is 0.322 e. The van der Waals surface area contributed by atoms with E-state index in [1.165, 1.54) is 12.1 Å². The Morgan fingerprint density at radius 2 is 1.71 bits per heavy atom. The zero-order chi connectivity index (χ0) is 16.4. The molecule has 0 aliphatic carbocycles. The fourth-order valence-corrected chi connectivity index (χ4v) is 4.51. The second-order valence-electron chi connectivity index (χ2n) is 3.81. The van der Waals surface area contributed by atoms with E-state index >= 15 is 0 Å². The van der Waals surface area contributed by atoms with Gasteiger partial charge in [0.2, 0.25) is 10.0 Å². The van der Waals surface area contributed by atoms with Gasteiger partial charge in [-0.15, -0.1) is 0 Å². The van der Waals surface area contributed by atoms with E-state index in [4.69, 9.17) is 33.4 Å². The summed E-state index contributed by atoms with van der Waals surface area (Å²) in [5.41, 5.74) is 0. The summed E-state index contributed by atoms with van der Waals surface area (Å²) in [5.74, 6) is -3.11. The number of carboxylic acids is 2. The first kappa shape index (κ1) is 18.2. The Labute approximate surface area is 138 Å². The number of halogens is 3. The highest BCUT2D eigenvalue weighted by molar-refractivity contribution is 9.10. The minimum Gasteiger partial charge on any atom is -0.481 e. The van der Waals surface area contributed by atoms with Crippen LogP contribution in [0.5, 0.6) is 0 Å². The molecule has 7 nitrogen and oxygen atoms in total. The number of sulfonamides is 1. The molecule has 3 N–H and O–H groups in total. The van der Waals surface area contributed by atoms with Gasteiger partial charge in [-0.3, -0.25) is 9.59 Å². The Balaban J connectivity index is 3.23. The molecular weight excluding hydrogens is 413 g/mol. The molecule has 0 bridgehead atoms. The van der Waals surface area contributed by atoms with E-state index in [1.54, 1.807) is 4.72 Å². The van der Waals surface area contributed by atoms with Crippen LogP contribution < -0.4 is 4.72 Å². The van der Waals surface area contributed by atoms with Crippen molar-refractivity contribution in [3.8, 4) is 0 Å². The van der Waals surface area contributed by atoms with Crippen molar-refractivity contribution in [2.45, 2.75) is 17.4 Å². The summed E-state index contributed by atoms with van der Waals surface area (Å²) in [6.45, 7) is 0. The van der Waals surface area contributed by atoms with E-state index in [9.17, 15) is 18.0 Å². The maximum absolute atomic E-state index is 12.1. The number of benzene rings is 1. The van der Waals surface area contributed by atoms with E-state index in [1.807, 2.05) is 0 Å². The predicted octanol–water partition coefficient (Wildman–Crippen LogP) is 1.96. The molecule has 1 aromatic carbocycles. The van der Waals surface area contributed by atoms with Crippen LogP contribution in [-0.4, -0.2) is 36.6 Å². The van der Waals surface area contributed by atoms with Gasteiger partial charge in [-0.05, 0) is 12.1 Å². The van der Waals surface area contributed by atoms with Gasteiger partial charge in [-0.25, -0.2) is 8.42 Å². The second kappa shape index (κ2) is 6.93. The average Bonchev–Trinajstić information content (AvgIpc) is 2.24. The van der Waals surface area contributed by atoms with Gasteiger partial charge in [0.15, 0.2) is 0 Å². The third-order valence-electron chi connectivity index (χ3n) is 2.21. The van der Waals surface area contributed by atoms with Gasteiger partial charge in [0.25, 0.3) is 0 Å². The number of carboxylic acid groups (broad SMARTS) is 2. The highest BCUT2D eigenvalue weighted by Gasteiger charge is 2.30. The molecule has 0 saturated carbocycles. The molecule has 1 atom stereocenters. The van der Waals surface area contributed by atoms with Gasteiger partial charge in [0.05, 0.1) is 16.5 Å². The molecule has 0 amide bonds. The molecule has 1 rings (SSSR count). The molecule has 116 valence electrons. The van der Waals surface area contributed by atoms with Crippen LogP contribution in [0, 0.1) is 0 Å². The first-order valence-electron chi connectivity index (χ1n) is 5.16. The summed E-state index contributed by atoms with van der Waals surface area (Å²) in [4.78, 5) is 20.9. The maximum atomic E-state index is 12.1. The Hall–Kier alpha value is -0.870. The molecule has 21 heavy (non-hydrogen) atoms. The molecule has 1 unspecified atom stereocenters. The van der Waals surface area contributed by atoms with E-state index in [-0.39, 0.29) is 10.0 Å². The summed E-state index contributed by atoms with van der Waals surface area (Å²) >= 11 is 14.6. The quantitative estimate of drug-likeness (QED) is 0.646. The lowest BCUT2D eigenvalue weighted by molar-refractivity contribution is -0.145. The fourth-order valence-electron chi connectivity index (χ4n) is 1.39. The standard InChI is InChI=1S/C10H8BrCl2NO6S/c11-4-1-5(12)9(6(13)2-4)21(19,20)14-7(10(17)18)3-8(15)16/h1-2,7,14H,3H2,(H,15,16)(H,17,18). The summed E-state index contributed by atoms with van der Waals surface area (Å²) in [6.07, 6.45) is -0.930. The predicted molar refractivity (Wildman–Crippen MR) is 78.2 cm³/mol. The lowest BCUT2D eigenvalue weighted by Crippen LogP contribution is -2.42. The van der Waals surface area contributed by atoms with Crippen LogP contribution in [0.4, 0.5) is 0 Å². The van der Waals surface area contributed by atoms with Crippen molar-refractivity contribution in [3.63, 3.8) is 0 Å². The monoisotopic (exact) mass is 419 g/mol. The second-order valence-corrected chi connectivity index (χ2v) is 7.19. The zero-order valence-electron chi connectivity index (χ0n) is 10.0. The van der Waals surface area contributed by atoms with E-state index in [2.05, 4.69) is 15.9 Å². The van der Waals surface area contributed by atoms with Crippen LogP contribution in [0.1, 0.15) is 6.42 Å². The van der Waals surface area contributed by atoms with Gasteiger partial charge < -0.3 is 10.2 Å². The third-order valence-corrected chi connectivity index (χ3v) is 5.06. The molecule has 0 heterocycles. The van der Waals surface area contributed by atoms with Gasteiger partial charge in [-0.2, -0.15) is 4.72 Å². The van der Waals surface area contributed by atoms with Crippen LogP contribution in [0.25, 0.3) is 0 Å². The van der Waals surface area contributed by atoms with Crippen LogP contribution in [0.2, 0.25) is 10.0 Å². The Kier molecular flexibility index (Phi) is 6.00. The van der Waals surface area contributed by atoms with Gasteiger partial charge in [-0.1, -0.05) is 39.1 Å². The first-order valence-corrected chi connectivity index (χ1v) is 8.19. The van der Waals surface area contributed by atoms with Crippen LogP contribution in [-0.2, 0) is 19.6 Å². The summed E-state index contributed by atoms with van der Waals surface area (Å²) in [7, 11) is -4.41. The average molecular weight is 421 g/mol. The molecule has 0 aromatic heterocycles. The summed E-state index contributed by atoms with van der Waals surface area (Å²) in [5, 5.41) is 17.0. The van der Waals surface area contributed by atoms with Crippen LogP contribution in [0.3, 0.4) is 0 Å². The lowest BCUT2D eigenvalue weighted by Gasteiger charge is -2.15. The van der Waals surface area contributed by atoms with Crippen molar-refractivity contribution in [3.05, 3.63) is 26.7 Å². The molecule has 0 fully saturated rings. The van der Waals surface area contributed by atoms with Gasteiger partial charge in [0.1, 0.15) is 10.9 Å². The Morgan fingerprint density at radius 1 is 1.24 bits per heavy atom. The summed E-state index contributed by atoms with van der Waals surface area (Å²) in [6, 6.07) is 0.674. The number of hydrogen-bond acceptors (Lipinski definition) is 4. The zero-order valence-corrected chi connectivity index (χ0v) is 13.9. The SMILES string of the molecule is O=C(O)CC(NS(=O)(=O)c1c(Cl)cc(Br)cc1Cl)C(=O)O. The Bertz CT molecular complexity index is 670. The van der Waals surface area contributed by atoms with Crippen molar-refractivity contribution in [2.24, 2.45) is 0 Å². The van der Waals surface area contributed by atoms with Crippen molar-refractivity contribution < 1.29 is 28.2 Å². The minimum atomic E-state index is -4.41. The number of rotatable bonds is 6. The Morgan fingerprint density at radius 3 is 2.10 bits per heavy atom. The van der Waals surface area contributed by atoms with E-state index in [0.29, 0.717) is 4.47 Å². The molecule has 0 aliphatic rings. The van der Waals surface area contributed by atoms with Crippen molar-refractivity contribution in [1.82, 2.24) is 4.72 Å². The largest absolute Gasteiger partial charge is 0.481 e. The number of hydrogen-bond donors (Lipinski definition) is 3. The third kappa shape index (κ3) is 4.82. The molecule has 0 aliphatic heterocycles. The minimum absolute atomic E-state index is 0.235. The maximum Gasteiger partial charge on any atom is 0.322 e. The highest BCUT2D eigenvalue weighted by atomic mass is 79.9. The number of carbonyl (C=O) groups is 2. The molecular formula is C10H8BrCl2NO6S. The highest BCUT2D eigenvalue weighted by Crippen LogP contribution is 2.32. The van der Waals surface area contributed by atoms with Crippen LogP contribution in [0.15, 0.2) is 21.5 Å². The summed E-state index contributed by atoms with van der Waals surface area (Å²) < 4.78 is 26.4. The molecule has 11 heteroatoms. The molecule has 0 spiro atoms. The molecule has 1 aromatic rings. The van der Waals surface area contributed by atoms with E-state index in [0.717, 1.165) is 0 Å². The number of aliphatic carboxylic acids is 2. The van der Waals surface area contributed by atoms with Crippen molar-refractivity contribution in [1.29, 1.82) is 0 Å². The lowest BCUT2D eigenvalue weighted by atomic mass is 10.2. The van der Waals surface area contributed by atoms with Crippen molar-refractivity contribution >= 4 is 61.1 Å². The fraction of sp³-hybridized carbons (Fsp3) is 0.200. The topological polar surface area (TPSA) is 121 Å².